The van der Waals surface area contributed by atoms with E-state index in [9.17, 15) is 13.2 Å². The van der Waals surface area contributed by atoms with Crippen molar-refractivity contribution in [2.45, 2.75) is 50.0 Å². The van der Waals surface area contributed by atoms with Crippen molar-refractivity contribution in [3.05, 3.63) is 0 Å². The molecule has 15 heavy (non-hydrogen) atoms. The molecule has 2 aliphatic rings. The fourth-order valence-electron chi connectivity index (χ4n) is 2.27. The molecule has 2 rings (SSSR count). The van der Waals surface area contributed by atoms with E-state index in [4.69, 9.17) is 0 Å². The van der Waals surface area contributed by atoms with E-state index in [1.54, 1.807) is 0 Å². The average molecular weight is 258 g/mol. The third kappa shape index (κ3) is 2.28. The topological polar surface area (TPSA) is 0 Å². The first-order valence-electron chi connectivity index (χ1n) is 5.26. The van der Waals surface area contributed by atoms with Gasteiger partial charge in [0, 0.05) is 16.3 Å². The van der Waals surface area contributed by atoms with Crippen molar-refractivity contribution >= 4 is 20.7 Å². The Kier molecular flexibility index (Phi) is 3.00. The molecule has 2 fully saturated rings. The van der Waals surface area contributed by atoms with Gasteiger partial charge in [0.1, 0.15) is 0 Å². The molecule has 0 amide bonds. The second-order valence-electron chi connectivity index (χ2n) is 4.99. The highest BCUT2D eigenvalue weighted by Crippen LogP contribution is 2.71. The molecule has 0 nitrogen and oxygen atoms in total. The predicted molar refractivity (Wildman–Crippen MR) is 62.7 cm³/mol. The summed E-state index contributed by atoms with van der Waals surface area (Å²) in [6, 6.07) is 0. The molecule has 1 heterocycles. The Morgan fingerprint density at radius 2 is 2.00 bits per heavy atom. The quantitative estimate of drug-likeness (QED) is 0.441. The van der Waals surface area contributed by atoms with Crippen LogP contribution < -0.4 is 0 Å². The van der Waals surface area contributed by atoms with Crippen molar-refractivity contribution in [3.8, 4) is 0 Å². The van der Waals surface area contributed by atoms with Gasteiger partial charge in [-0.15, -0.1) is 10.8 Å². The number of hydrogen-bond acceptors (Lipinski definition) is 1. The number of alkyl halides is 3. The maximum atomic E-state index is 13.3. The molecule has 0 N–H and O–H groups in total. The zero-order chi connectivity index (χ0) is 11.3. The minimum absolute atomic E-state index is 0.0550. The highest BCUT2D eigenvalue weighted by molar-refractivity contribution is 9.00. The molecule has 0 aromatic carbocycles. The zero-order valence-corrected chi connectivity index (χ0v) is 10.7. The molecule has 90 valence electrons. The fraction of sp³-hybridized carbons (Fsp3) is 1.00. The average Bonchev–Trinajstić information content (AvgIpc) is 2.92. The summed E-state index contributed by atoms with van der Waals surface area (Å²) < 4.78 is 39.4. The van der Waals surface area contributed by atoms with Crippen molar-refractivity contribution in [2.75, 3.05) is 5.08 Å². The molecular weight excluding hydrogens is 241 g/mol. The molecule has 0 bridgehead atoms. The van der Waals surface area contributed by atoms with E-state index in [2.05, 4.69) is 13.8 Å². The van der Waals surface area contributed by atoms with Crippen LogP contribution in [-0.2, 0) is 0 Å². The lowest BCUT2D eigenvalue weighted by atomic mass is 9.78. The smallest absolute Gasteiger partial charge is 0.241 e. The Bertz CT molecular complexity index is 251. The Hall–Kier alpha value is 0.490. The molecule has 0 radical (unpaired) electrons. The first-order chi connectivity index (χ1) is 6.84. The summed E-state index contributed by atoms with van der Waals surface area (Å²) in [4.78, 5) is 0. The first-order valence-corrected chi connectivity index (χ1v) is 8.38. The standard InChI is InChI=1S/C10H17F3S2/c1-9(2,15-6-14-15)7-3-4-10(12,13)8(11)5-7/h7-8,15H,3-6H2,1-2H3. The molecule has 3 atom stereocenters. The van der Waals surface area contributed by atoms with Crippen LogP contribution in [0.2, 0.25) is 0 Å². The van der Waals surface area contributed by atoms with Crippen molar-refractivity contribution in [2.24, 2.45) is 5.92 Å². The summed E-state index contributed by atoms with van der Waals surface area (Å²) in [5.74, 6) is -2.93. The van der Waals surface area contributed by atoms with Crippen molar-refractivity contribution in [1.29, 1.82) is 0 Å². The molecular formula is C10H17F3S2. The maximum absolute atomic E-state index is 13.3. The van der Waals surface area contributed by atoms with E-state index >= 15 is 0 Å². The van der Waals surface area contributed by atoms with Gasteiger partial charge >= 0.3 is 0 Å². The SMILES string of the molecule is CC(C)(C1CCC(F)(F)C(F)C1)[SH]1CS1. The van der Waals surface area contributed by atoms with E-state index < -0.39 is 12.1 Å². The second kappa shape index (κ2) is 3.76. The van der Waals surface area contributed by atoms with Crippen LogP contribution in [0.15, 0.2) is 0 Å². The van der Waals surface area contributed by atoms with Crippen LogP contribution in [0.1, 0.15) is 33.1 Å². The Labute approximate surface area is 95.1 Å². The molecule has 1 aliphatic carbocycles. The van der Waals surface area contributed by atoms with E-state index in [1.165, 1.54) is 5.08 Å². The van der Waals surface area contributed by atoms with Crippen LogP contribution >= 0.6 is 20.7 Å². The van der Waals surface area contributed by atoms with E-state index in [1.807, 2.05) is 10.8 Å². The largest absolute Gasteiger partial charge is 0.278 e. The lowest BCUT2D eigenvalue weighted by Gasteiger charge is -2.41. The molecule has 5 heteroatoms. The van der Waals surface area contributed by atoms with E-state index in [0.717, 1.165) is 0 Å². The lowest BCUT2D eigenvalue weighted by molar-refractivity contribution is -0.111. The van der Waals surface area contributed by atoms with Gasteiger partial charge in [0.2, 0.25) is 0 Å². The molecule has 1 saturated carbocycles. The number of thiol groups is 1. The third-order valence-corrected chi connectivity index (χ3v) is 8.80. The van der Waals surface area contributed by atoms with Gasteiger partial charge in [0.15, 0.2) is 6.17 Å². The van der Waals surface area contributed by atoms with Gasteiger partial charge < -0.3 is 0 Å². The summed E-state index contributed by atoms with van der Waals surface area (Å²) >= 11 is 0. The normalized spacial score (nSPS) is 42.6. The van der Waals surface area contributed by atoms with E-state index in [-0.39, 0.29) is 33.4 Å². The van der Waals surface area contributed by atoms with Gasteiger partial charge in [-0.05, 0) is 18.8 Å². The molecule has 0 aromatic heterocycles. The van der Waals surface area contributed by atoms with Crippen molar-refractivity contribution < 1.29 is 13.2 Å². The van der Waals surface area contributed by atoms with Gasteiger partial charge in [-0.25, -0.2) is 13.2 Å². The number of hydrogen-bond donors (Lipinski definition) is 1. The van der Waals surface area contributed by atoms with Gasteiger partial charge in [0.25, 0.3) is 5.92 Å². The molecule has 1 saturated heterocycles. The Morgan fingerprint density at radius 1 is 1.40 bits per heavy atom. The molecule has 0 aromatic rings. The highest BCUT2D eigenvalue weighted by Gasteiger charge is 2.51. The highest BCUT2D eigenvalue weighted by atomic mass is 33.2. The van der Waals surface area contributed by atoms with Crippen molar-refractivity contribution in [3.63, 3.8) is 0 Å². The second-order valence-corrected chi connectivity index (χ2v) is 10.3. The minimum Gasteiger partial charge on any atom is -0.241 e. The summed E-state index contributed by atoms with van der Waals surface area (Å²) in [7, 11) is 1.86. The summed E-state index contributed by atoms with van der Waals surface area (Å²) in [5, 5.41) is 1.17. The summed E-state index contributed by atoms with van der Waals surface area (Å²) in [5.41, 5.74) is 0. The van der Waals surface area contributed by atoms with Gasteiger partial charge in [-0.1, -0.05) is 13.8 Å². The third-order valence-electron chi connectivity index (χ3n) is 3.68. The molecule has 3 unspecified atom stereocenters. The summed E-state index contributed by atoms with van der Waals surface area (Å²) in [6.45, 7) is 4.25. The predicted octanol–water partition coefficient (Wildman–Crippen LogP) is 4.16. The van der Waals surface area contributed by atoms with E-state index in [0.29, 0.717) is 6.42 Å². The monoisotopic (exact) mass is 258 g/mol. The van der Waals surface area contributed by atoms with Crippen LogP contribution in [-0.4, -0.2) is 21.9 Å². The van der Waals surface area contributed by atoms with Gasteiger partial charge in [0.05, 0.1) is 0 Å². The Balaban J connectivity index is 2.01. The van der Waals surface area contributed by atoms with Crippen LogP contribution in [0.5, 0.6) is 0 Å². The zero-order valence-electron chi connectivity index (χ0n) is 8.97. The van der Waals surface area contributed by atoms with Gasteiger partial charge in [-0.3, -0.25) is 0 Å². The lowest BCUT2D eigenvalue weighted by Crippen LogP contribution is -2.42. The van der Waals surface area contributed by atoms with Crippen molar-refractivity contribution in [1.82, 2.24) is 0 Å². The fourth-order valence-corrected chi connectivity index (χ4v) is 6.77. The van der Waals surface area contributed by atoms with Crippen LogP contribution in [0, 0.1) is 5.92 Å². The Morgan fingerprint density at radius 3 is 2.47 bits per heavy atom. The minimum atomic E-state index is -3.07. The number of halogens is 3. The van der Waals surface area contributed by atoms with Crippen LogP contribution in [0.25, 0.3) is 0 Å². The first kappa shape index (κ1) is 12.0. The van der Waals surface area contributed by atoms with Crippen LogP contribution in [0.4, 0.5) is 13.2 Å². The molecule has 0 spiro atoms. The maximum Gasteiger partial charge on any atom is 0.278 e. The van der Waals surface area contributed by atoms with Gasteiger partial charge in [-0.2, -0.15) is 9.93 Å². The van der Waals surface area contributed by atoms with Crippen LogP contribution in [0.3, 0.4) is 0 Å². The number of rotatable bonds is 2. The molecule has 1 aliphatic heterocycles. The summed E-state index contributed by atoms with van der Waals surface area (Å²) in [6.07, 6.45) is -1.65.